The number of carbonyl (C=O) groups excluding carboxylic acids is 1. The average molecular weight is 311 g/mol. The van der Waals surface area contributed by atoms with Crippen molar-refractivity contribution in [3.05, 3.63) is 29.8 Å². The number of amides is 1. The van der Waals surface area contributed by atoms with E-state index < -0.39 is 23.9 Å². The second-order valence-corrected chi connectivity index (χ2v) is 5.54. The van der Waals surface area contributed by atoms with Gasteiger partial charge in [-0.3, -0.25) is 9.59 Å². The number of benzene rings is 1. The predicted octanol–water partition coefficient (Wildman–Crippen LogP) is 1.52. The van der Waals surface area contributed by atoms with E-state index in [9.17, 15) is 14.4 Å². The van der Waals surface area contributed by atoms with E-state index in [0.717, 1.165) is 10.5 Å². The molecule has 0 aliphatic rings. The molecule has 7 heteroatoms. The zero-order chi connectivity index (χ0) is 15.8. The standard InChI is InChI=1S/C14H17NO5S/c1-9-2-4-10(5-3-9)21-8-12(16)15-11(14(19)20)6-7-13(17)18/h2-5,11H,6-8H2,1H3,(H,15,16)(H,17,18)(H,19,20)/t11-/m0/s1. The minimum Gasteiger partial charge on any atom is -0.481 e. The van der Waals surface area contributed by atoms with E-state index in [1.165, 1.54) is 11.8 Å². The summed E-state index contributed by atoms with van der Waals surface area (Å²) in [6.45, 7) is 1.96. The van der Waals surface area contributed by atoms with E-state index in [-0.39, 0.29) is 18.6 Å². The summed E-state index contributed by atoms with van der Waals surface area (Å²) in [5, 5.41) is 19.8. The Bertz CT molecular complexity index is 515. The van der Waals surface area contributed by atoms with Gasteiger partial charge >= 0.3 is 11.9 Å². The van der Waals surface area contributed by atoms with Crippen LogP contribution in [0.1, 0.15) is 18.4 Å². The van der Waals surface area contributed by atoms with Gasteiger partial charge in [0.2, 0.25) is 5.91 Å². The zero-order valence-corrected chi connectivity index (χ0v) is 12.4. The minimum absolute atomic E-state index is 0.0832. The van der Waals surface area contributed by atoms with Gasteiger partial charge in [-0.25, -0.2) is 4.79 Å². The molecule has 6 nitrogen and oxygen atoms in total. The van der Waals surface area contributed by atoms with Gasteiger partial charge in [0.1, 0.15) is 6.04 Å². The number of carbonyl (C=O) groups is 3. The van der Waals surface area contributed by atoms with Gasteiger partial charge in [-0.2, -0.15) is 0 Å². The van der Waals surface area contributed by atoms with Gasteiger partial charge in [-0.15, -0.1) is 11.8 Å². The topological polar surface area (TPSA) is 104 Å². The van der Waals surface area contributed by atoms with E-state index in [1.54, 1.807) is 0 Å². The summed E-state index contributed by atoms with van der Waals surface area (Å²) in [5.74, 6) is -2.67. The SMILES string of the molecule is Cc1ccc(SCC(=O)N[C@@H](CCC(=O)O)C(=O)O)cc1. The lowest BCUT2D eigenvalue weighted by Gasteiger charge is -2.13. The van der Waals surface area contributed by atoms with Crippen molar-refractivity contribution in [1.29, 1.82) is 0 Å². The molecule has 0 bridgehead atoms. The lowest BCUT2D eigenvalue weighted by Crippen LogP contribution is -2.41. The van der Waals surface area contributed by atoms with E-state index in [0.29, 0.717) is 0 Å². The lowest BCUT2D eigenvalue weighted by atomic mass is 10.1. The first kappa shape index (κ1) is 17.0. The predicted molar refractivity (Wildman–Crippen MR) is 78.3 cm³/mol. The Balaban J connectivity index is 2.44. The van der Waals surface area contributed by atoms with E-state index in [1.807, 2.05) is 31.2 Å². The molecule has 0 fully saturated rings. The van der Waals surface area contributed by atoms with Gasteiger partial charge in [0, 0.05) is 11.3 Å². The molecule has 1 aromatic carbocycles. The maximum Gasteiger partial charge on any atom is 0.326 e. The summed E-state index contributed by atoms with van der Waals surface area (Å²) in [5.41, 5.74) is 1.11. The molecule has 0 spiro atoms. The van der Waals surface area contributed by atoms with Crippen molar-refractivity contribution in [2.45, 2.75) is 30.7 Å². The molecule has 0 radical (unpaired) electrons. The Morgan fingerprint density at radius 3 is 2.33 bits per heavy atom. The molecule has 0 heterocycles. The van der Waals surface area contributed by atoms with Gasteiger partial charge in [0.05, 0.1) is 5.75 Å². The van der Waals surface area contributed by atoms with Crippen molar-refractivity contribution in [3.8, 4) is 0 Å². The monoisotopic (exact) mass is 311 g/mol. The van der Waals surface area contributed by atoms with Crippen LogP contribution in [0.25, 0.3) is 0 Å². The van der Waals surface area contributed by atoms with Crippen LogP contribution in [0.2, 0.25) is 0 Å². The highest BCUT2D eigenvalue weighted by Gasteiger charge is 2.20. The Hall–Kier alpha value is -2.02. The number of thioether (sulfide) groups is 1. The average Bonchev–Trinajstić information content (AvgIpc) is 2.42. The van der Waals surface area contributed by atoms with Crippen molar-refractivity contribution in [2.75, 3.05) is 5.75 Å². The first-order valence-corrected chi connectivity index (χ1v) is 7.30. The third kappa shape index (κ3) is 6.80. The number of carboxylic acids is 2. The normalized spacial score (nSPS) is 11.7. The molecule has 1 amide bonds. The van der Waals surface area contributed by atoms with Crippen LogP contribution in [-0.4, -0.2) is 39.9 Å². The summed E-state index contributed by atoms with van der Waals surface area (Å²) >= 11 is 1.29. The maximum absolute atomic E-state index is 11.7. The Morgan fingerprint density at radius 1 is 1.19 bits per heavy atom. The highest BCUT2D eigenvalue weighted by Crippen LogP contribution is 2.17. The highest BCUT2D eigenvalue weighted by molar-refractivity contribution is 8.00. The molecule has 1 rings (SSSR count). The molecule has 114 valence electrons. The molecule has 0 unspecified atom stereocenters. The van der Waals surface area contributed by atoms with Crippen LogP contribution in [0, 0.1) is 6.92 Å². The molecule has 0 saturated carbocycles. The van der Waals surface area contributed by atoms with Gasteiger partial charge < -0.3 is 15.5 Å². The molecule has 1 atom stereocenters. The molecule has 21 heavy (non-hydrogen) atoms. The van der Waals surface area contributed by atoms with Gasteiger partial charge in [0.25, 0.3) is 0 Å². The fourth-order valence-electron chi connectivity index (χ4n) is 1.54. The highest BCUT2D eigenvalue weighted by atomic mass is 32.2. The van der Waals surface area contributed by atoms with Crippen molar-refractivity contribution >= 4 is 29.6 Å². The molecule has 1 aromatic rings. The first-order chi connectivity index (χ1) is 9.88. The number of nitrogens with one attached hydrogen (secondary N) is 1. The number of carboxylic acid groups (broad SMARTS) is 2. The number of rotatable bonds is 8. The van der Waals surface area contributed by atoms with E-state index in [4.69, 9.17) is 10.2 Å². The second-order valence-electron chi connectivity index (χ2n) is 4.49. The van der Waals surface area contributed by atoms with Gasteiger partial charge in [-0.1, -0.05) is 17.7 Å². The fourth-order valence-corrected chi connectivity index (χ4v) is 2.25. The summed E-state index contributed by atoms with van der Waals surface area (Å²) in [7, 11) is 0. The van der Waals surface area contributed by atoms with Crippen LogP contribution in [-0.2, 0) is 14.4 Å². The van der Waals surface area contributed by atoms with Crippen LogP contribution in [0.4, 0.5) is 0 Å². The summed E-state index contributed by atoms with van der Waals surface area (Å²) in [6, 6.07) is 6.44. The maximum atomic E-state index is 11.7. The van der Waals surface area contributed by atoms with E-state index >= 15 is 0 Å². The van der Waals surface area contributed by atoms with Crippen molar-refractivity contribution < 1.29 is 24.6 Å². The third-order valence-corrected chi connectivity index (χ3v) is 3.68. The first-order valence-electron chi connectivity index (χ1n) is 6.32. The van der Waals surface area contributed by atoms with Crippen LogP contribution in [0.3, 0.4) is 0 Å². The lowest BCUT2D eigenvalue weighted by molar-refractivity contribution is -0.142. The summed E-state index contributed by atoms with van der Waals surface area (Å²) in [6.07, 6.45) is -0.437. The molecular formula is C14H17NO5S. The number of aliphatic carboxylic acids is 2. The molecule has 0 saturated heterocycles. The van der Waals surface area contributed by atoms with Crippen molar-refractivity contribution in [3.63, 3.8) is 0 Å². The Morgan fingerprint density at radius 2 is 1.81 bits per heavy atom. The molecule has 0 aliphatic heterocycles. The number of hydrogen-bond donors (Lipinski definition) is 3. The fraction of sp³-hybridized carbons (Fsp3) is 0.357. The minimum atomic E-state index is -1.23. The number of aryl methyl sites for hydroxylation is 1. The zero-order valence-electron chi connectivity index (χ0n) is 11.5. The Kier molecular flexibility index (Phi) is 6.74. The van der Waals surface area contributed by atoms with E-state index in [2.05, 4.69) is 5.32 Å². The van der Waals surface area contributed by atoms with Crippen LogP contribution < -0.4 is 5.32 Å². The van der Waals surface area contributed by atoms with Gasteiger partial charge in [0.15, 0.2) is 0 Å². The smallest absolute Gasteiger partial charge is 0.326 e. The third-order valence-electron chi connectivity index (χ3n) is 2.67. The molecule has 0 aliphatic carbocycles. The summed E-state index contributed by atoms with van der Waals surface area (Å²) < 4.78 is 0. The quantitative estimate of drug-likeness (QED) is 0.629. The van der Waals surface area contributed by atoms with Crippen molar-refractivity contribution in [2.24, 2.45) is 0 Å². The molecule has 0 aromatic heterocycles. The molecule has 3 N–H and O–H groups in total. The largest absolute Gasteiger partial charge is 0.481 e. The molecular weight excluding hydrogens is 294 g/mol. The van der Waals surface area contributed by atoms with Gasteiger partial charge in [-0.05, 0) is 25.5 Å². The van der Waals surface area contributed by atoms with Crippen LogP contribution >= 0.6 is 11.8 Å². The van der Waals surface area contributed by atoms with Crippen LogP contribution in [0.15, 0.2) is 29.2 Å². The second kappa shape index (κ2) is 8.31. The summed E-state index contributed by atoms with van der Waals surface area (Å²) in [4.78, 5) is 34.0. The van der Waals surface area contributed by atoms with Crippen molar-refractivity contribution in [1.82, 2.24) is 5.32 Å². The number of hydrogen-bond acceptors (Lipinski definition) is 4. The Labute approximate surface area is 126 Å². The van der Waals surface area contributed by atoms with Crippen LogP contribution in [0.5, 0.6) is 0 Å².